The van der Waals surface area contributed by atoms with Gasteiger partial charge in [-0.15, -0.1) is 11.3 Å². The van der Waals surface area contributed by atoms with Crippen LogP contribution in [0.4, 0.5) is 0 Å². The van der Waals surface area contributed by atoms with Gasteiger partial charge in [0.1, 0.15) is 11.0 Å². The van der Waals surface area contributed by atoms with Crippen LogP contribution in [-0.2, 0) is 16.0 Å². The molecule has 0 fully saturated rings. The Kier molecular flexibility index (Phi) is 4.83. The lowest BCUT2D eigenvalue weighted by Crippen LogP contribution is -2.43. The second-order valence-electron chi connectivity index (χ2n) is 3.97. The molecule has 0 aromatic carbocycles. The van der Waals surface area contributed by atoms with E-state index in [1.165, 1.54) is 11.3 Å². The molecule has 106 valence electrons. The molecule has 2 aromatic heterocycles. The number of carboxylic acid groups (broad SMARTS) is 1. The highest BCUT2D eigenvalue weighted by atomic mass is 32.1. The quantitative estimate of drug-likeness (QED) is 0.738. The Morgan fingerprint density at radius 3 is 2.80 bits per heavy atom. The average molecular weight is 312 g/mol. The van der Waals surface area contributed by atoms with E-state index in [4.69, 9.17) is 10.2 Å². The number of hydrogen-bond donors (Lipinski definition) is 3. The number of hydrogen-bond acceptors (Lipinski definition) is 6. The van der Waals surface area contributed by atoms with Crippen molar-refractivity contribution < 1.29 is 19.8 Å². The number of rotatable bonds is 6. The van der Waals surface area contributed by atoms with Gasteiger partial charge in [0.05, 0.1) is 18.7 Å². The zero-order chi connectivity index (χ0) is 14.5. The minimum absolute atomic E-state index is 0.00951. The number of aliphatic carboxylic acids is 1. The van der Waals surface area contributed by atoms with Crippen molar-refractivity contribution in [2.75, 3.05) is 6.61 Å². The van der Waals surface area contributed by atoms with E-state index in [0.717, 1.165) is 10.6 Å². The highest BCUT2D eigenvalue weighted by Crippen LogP contribution is 2.25. The number of amides is 1. The van der Waals surface area contributed by atoms with E-state index in [9.17, 15) is 9.59 Å². The molecule has 1 amide bonds. The number of aliphatic hydroxyl groups is 1. The molecule has 20 heavy (non-hydrogen) atoms. The summed E-state index contributed by atoms with van der Waals surface area (Å²) >= 11 is 3.00. The summed E-state index contributed by atoms with van der Waals surface area (Å²) in [5, 5.41) is 26.3. The molecule has 2 heterocycles. The number of carbonyl (C=O) groups excluding carboxylic acids is 1. The average Bonchev–Trinajstić information content (AvgIpc) is 3.05. The number of thiophene rings is 1. The van der Waals surface area contributed by atoms with Crippen molar-refractivity contribution in [2.24, 2.45) is 0 Å². The Hall–Kier alpha value is -1.77. The fraction of sp³-hybridized carbons (Fsp3) is 0.250. The van der Waals surface area contributed by atoms with Crippen LogP contribution in [0, 0.1) is 0 Å². The van der Waals surface area contributed by atoms with E-state index >= 15 is 0 Å². The lowest BCUT2D eigenvalue weighted by atomic mass is 10.2. The van der Waals surface area contributed by atoms with Gasteiger partial charge in [-0.3, -0.25) is 4.79 Å². The maximum Gasteiger partial charge on any atom is 0.328 e. The third-order valence-corrected chi connectivity index (χ3v) is 4.10. The predicted octanol–water partition coefficient (Wildman–Crippen LogP) is 0.976. The highest BCUT2D eigenvalue weighted by Gasteiger charge is 2.19. The second-order valence-corrected chi connectivity index (χ2v) is 5.61. The first-order valence-electron chi connectivity index (χ1n) is 5.70. The molecule has 0 radical (unpaired) electrons. The Morgan fingerprint density at radius 2 is 2.20 bits per heavy atom. The van der Waals surface area contributed by atoms with E-state index in [1.54, 1.807) is 16.7 Å². The highest BCUT2D eigenvalue weighted by molar-refractivity contribution is 7.14. The number of carboxylic acids is 1. The fourth-order valence-electron chi connectivity index (χ4n) is 1.50. The third-order valence-electron chi connectivity index (χ3n) is 2.48. The summed E-state index contributed by atoms with van der Waals surface area (Å²) in [6.45, 7) is -0.641. The summed E-state index contributed by atoms with van der Waals surface area (Å²) in [6, 6.07) is 0.664. The fourth-order valence-corrected chi connectivity index (χ4v) is 3.03. The predicted molar refractivity (Wildman–Crippen MR) is 75.8 cm³/mol. The van der Waals surface area contributed by atoms with Crippen molar-refractivity contribution in [3.8, 4) is 10.6 Å². The topological polar surface area (TPSA) is 99.5 Å². The molecule has 0 aliphatic carbocycles. The monoisotopic (exact) mass is 312 g/mol. The molecule has 0 saturated carbocycles. The number of aromatic nitrogens is 1. The minimum atomic E-state index is -1.28. The SMILES string of the molecule is O=C(Cc1csc(-c2ccsc2)n1)N[C@@H](CO)C(=O)O. The Balaban J connectivity index is 1.97. The van der Waals surface area contributed by atoms with Crippen LogP contribution in [0.1, 0.15) is 5.69 Å². The van der Waals surface area contributed by atoms with Gasteiger partial charge < -0.3 is 15.5 Å². The van der Waals surface area contributed by atoms with E-state index in [2.05, 4.69) is 10.3 Å². The van der Waals surface area contributed by atoms with Crippen molar-refractivity contribution in [1.82, 2.24) is 10.3 Å². The van der Waals surface area contributed by atoms with Gasteiger partial charge in [0.25, 0.3) is 0 Å². The van der Waals surface area contributed by atoms with Gasteiger partial charge in [-0.25, -0.2) is 9.78 Å². The molecule has 0 saturated heterocycles. The first-order chi connectivity index (χ1) is 9.60. The van der Waals surface area contributed by atoms with Crippen LogP contribution >= 0.6 is 22.7 Å². The van der Waals surface area contributed by atoms with Crippen LogP contribution in [0.25, 0.3) is 10.6 Å². The van der Waals surface area contributed by atoms with E-state index < -0.39 is 24.5 Å². The van der Waals surface area contributed by atoms with Gasteiger partial charge in [0, 0.05) is 16.3 Å². The van der Waals surface area contributed by atoms with Gasteiger partial charge in [-0.05, 0) is 11.4 Å². The summed E-state index contributed by atoms with van der Waals surface area (Å²) in [4.78, 5) is 26.7. The summed E-state index contributed by atoms with van der Waals surface area (Å²) in [6.07, 6.45) is -0.00951. The summed E-state index contributed by atoms with van der Waals surface area (Å²) < 4.78 is 0. The maximum atomic E-state index is 11.7. The number of aliphatic hydroxyl groups excluding tert-OH is 1. The first-order valence-corrected chi connectivity index (χ1v) is 7.52. The first kappa shape index (κ1) is 14.6. The minimum Gasteiger partial charge on any atom is -0.480 e. The van der Waals surface area contributed by atoms with Crippen LogP contribution < -0.4 is 5.32 Å². The van der Waals surface area contributed by atoms with Crippen LogP contribution in [0.3, 0.4) is 0 Å². The molecular weight excluding hydrogens is 300 g/mol. The van der Waals surface area contributed by atoms with Gasteiger partial charge in [0.15, 0.2) is 0 Å². The largest absolute Gasteiger partial charge is 0.480 e. The van der Waals surface area contributed by atoms with Gasteiger partial charge in [-0.2, -0.15) is 11.3 Å². The number of thiazole rings is 1. The smallest absolute Gasteiger partial charge is 0.328 e. The van der Waals surface area contributed by atoms with E-state index in [1.807, 2.05) is 16.8 Å². The molecule has 2 aromatic rings. The van der Waals surface area contributed by atoms with Crippen LogP contribution in [-0.4, -0.2) is 39.7 Å². The maximum absolute atomic E-state index is 11.7. The summed E-state index contributed by atoms with van der Waals surface area (Å²) in [7, 11) is 0. The molecule has 1 atom stereocenters. The van der Waals surface area contributed by atoms with Crippen LogP contribution in [0.15, 0.2) is 22.2 Å². The summed E-state index contributed by atoms with van der Waals surface area (Å²) in [5.41, 5.74) is 1.58. The molecule has 0 bridgehead atoms. The Bertz CT molecular complexity index is 594. The standard InChI is InChI=1S/C12H12N2O4S2/c15-4-9(12(17)18)14-10(16)3-8-6-20-11(13-8)7-1-2-19-5-7/h1-2,5-6,9,15H,3-4H2,(H,14,16)(H,17,18)/t9-/m0/s1. The second kappa shape index (κ2) is 6.60. The summed E-state index contributed by atoms with van der Waals surface area (Å²) in [5.74, 6) is -1.74. The van der Waals surface area contributed by atoms with E-state index in [-0.39, 0.29) is 6.42 Å². The molecule has 0 unspecified atom stereocenters. The van der Waals surface area contributed by atoms with E-state index in [0.29, 0.717) is 5.69 Å². The van der Waals surface area contributed by atoms with Crippen molar-refractivity contribution in [1.29, 1.82) is 0 Å². The molecule has 8 heteroatoms. The number of nitrogens with one attached hydrogen (secondary N) is 1. The molecule has 3 N–H and O–H groups in total. The Morgan fingerprint density at radius 1 is 1.40 bits per heavy atom. The van der Waals surface area contributed by atoms with Gasteiger partial charge >= 0.3 is 5.97 Å². The number of carbonyl (C=O) groups is 2. The molecule has 2 rings (SSSR count). The lowest BCUT2D eigenvalue weighted by molar-refractivity contribution is -0.142. The third kappa shape index (κ3) is 3.62. The lowest BCUT2D eigenvalue weighted by Gasteiger charge is -2.10. The molecule has 0 aliphatic rings. The number of nitrogens with zero attached hydrogens (tertiary/aromatic N) is 1. The molecule has 0 aliphatic heterocycles. The molecule has 6 nitrogen and oxygen atoms in total. The zero-order valence-corrected chi connectivity index (χ0v) is 11.9. The molecular formula is C12H12N2O4S2. The van der Waals surface area contributed by atoms with Crippen molar-refractivity contribution in [3.63, 3.8) is 0 Å². The van der Waals surface area contributed by atoms with Crippen LogP contribution in [0.2, 0.25) is 0 Å². The molecule has 0 spiro atoms. The van der Waals surface area contributed by atoms with Crippen molar-refractivity contribution in [3.05, 3.63) is 27.9 Å². The van der Waals surface area contributed by atoms with Crippen molar-refractivity contribution >= 4 is 34.6 Å². The zero-order valence-electron chi connectivity index (χ0n) is 10.3. The normalized spacial score (nSPS) is 12.1. The van der Waals surface area contributed by atoms with Crippen LogP contribution in [0.5, 0.6) is 0 Å². The van der Waals surface area contributed by atoms with Gasteiger partial charge in [-0.1, -0.05) is 0 Å². The van der Waals surface area contributed by atoms with Gasteiger partial charge in [0.2, 0.25) is 5.91 Å². The Labute approximate surface area is 122 Å². The van der Waals surface area contributed by atoms with Crippen molar-refractivity contribution in [2.45, 2.75) is 12.5 Å².